The van der Waals surface area contributed by atoms with Gasteiger partial charge in [-0.05, 0) is 6.92 Å². The maximum Gasteiger partial charge on any atom is 0 e. The van der Waals surface area contributed by atoms with E-state index in [4.69, 9.17) is 14.0 Å². The van der Waals surface area contributed by atoms with Crippen LogP contribution in [0.5, 0.6) is 0 Å². The molecule has 0 aromatic carbocycles. The summed E-state index contributed by atoms with van der Waals surface area (Å²) >= 11 is 0. The molecule has 68 valence electrons. The molecular formula is C9H7MnO3. The summed E-state index contributed by atoms with van der Waals surface area (Å²) in [6.07, 6.45) is 8.24. The molecule has 0 aromatic heterocycles. The smallest absolute Gasteiger partial charge is 0 e. The predicted octanol–water partition coefficient (Wildman–Crippen LogP) is 1.59. The Labute approximate surface area is 88.5 Å². The molecular weight excluding hydrogens is 211 g/mol. The first-order valence-electron chi connectivity index (χ1n) is 2.69. The Morgan fingerprint density at radius 2 is 1.31 bits per heavy atom. The van der Waals surface area contributed by atoms with E-state index in [0.29, 0.717) is 0 Å². The van der Waals surface area contributed by atoms with Gasteiger partial charge in [-0.1, -0.05) is 23.8 Å². The molecule has 0 saturated carbocycles. The van der Waals surface area contributed by atoms with Crippen LogP contribution in [0.2, 0.25) is 0 Å². The van der Waals surface area contributed by atoms with Crippen LogP contribution < -0.4 is 0 Å². The average molecular weight is 218 g/mol. The van der Waals surface area contributed by atoms with Gasteiger partial charge in [0, 0.05) is 23.5 Å². The summed E-state index contributed by atoms with van der Waals surface area (Å²) in [5.74, 6) is 0. The maximum absolute atomic E-state index is 7.50. The molecule has 0 heterocycles. The Kier molecular flexibility index (Phi) is 53.1. The van der Waals surface area contributed by atoms with Crippen LogP contribution >= 0.6 is 0 Å². The second kappa shape index (κ2) is 30.3. The van der Waals surface area contributed by atoms with Crippen molar-refractivity contribution < 1.29 is 31.0 Å². The molecule has 0 amide bonds. The van der Waals surface area contributed by atoms with Crippen LogP contribution in [0.25, 0.3) is 0 Å². The SMILES string of the molecule is CC1=CC=C[CH]1.[C-]#[O+].[C-]#[O+].[C-]#[O+].[Mn]. The van der Waals surface area contributed by atoms with E-state index >= 15 is 0 Å². The van der Waals surface area contributed by atoms with Gasteiger partial charge in [0.05, 0.1) is 0 Å². The fraction of sp³-hybridized carbons (Fsp3) is 0.111. The molecule has 3 nitrogen and oxygen atoms in total. The third kappa shape index (κ3) is 24.7. The molecule has 0 atom stereocenters. The van der Waals surface area contributed by atoms with Crippen molar-refractivity contribution in [1.29, 1.82) is 0 Å². The molecule has 0 unspecified atom stereocenters. The summed E-state index contributed by atoms with van der Waals surface area (Å²) in [4.78, 5) is 0. The van der Waals surface area contributed by atoms with E-state index in [9.17, 15) is 0 Å². The molecule has 0 N–H and O–H groups in total. The molecule has 1 aliphatic rings. The normalized spacial score (nSPS) is 9.00. The zero-order valence-electron chi connectivity index (χ0n) is 6.91. The number of rotatable bonds is 0. The third-order valence-electron chi connectivity index (χ3n) is 0.829. The Bertz CT molecular complexity index is 184. The summed E-state index contributed by atoms with van der Waals surface area (Å²) in [6.45, 7) is 15.6. The number of hydrogen-bond acceptors (Lipinski definition) is 0. The van der Waals surface area contributed by atoms with Crippen LogP contribution in [0.3, 0.4) is 0 Å². The first-order chi connectivity index (χ1) is 5.89. The first kappa shape index (κ1) is 22.8. The number of hydrogen-bond donors (Lipinski definition) is 0. The molecule has 4 heteroatoms. The van der Waals surface area contributed by atoms with Crippen LogP contribution in [-0.2, 0) is 31.0 Å². The quantitative estimate of drug-likeness (QED) is 0.337. The molecule has 1 rings (SSSR count). The fourth-order valence-corrected chi connectivity index (χ4v) is 0.470. The van der Waals surface area contributed by atoms with Gasteiger partial charge in [-0.15, -0.1) is 0 Å². The van der Waals surface area contributed by atoms with Crippen LogP contribution in [0.4, 0.5) is 0 Å². The van der Waals surface area contributed by atoms with Crippen molar-refractivity contribution >= 4 is 0 Å². The van der Waals surface area contributed by atoms with Gasteiger partial charge in [-0.25, -0.2) is 0 Å². The van der Waals surface area contributed by atoms with Crippen LogP contribution in [0, 0.1) is 26.4 Å². The van der Waals surface area contributed by atoms with Gasteiger partial charge in [0.25, 0.3) is 0 Å². The van der Waals surface area contributed by atoms with Crippen LogP contribution in [-0.4, -0.2) is 0 Å². The standard InChI is InChI=1S/C6H7.3CO.Mn/c1-6-4-2-3-5-6;3*1-2;/h2-5H,1H3;;;;. The summed E-state index contributed by atoms with van der Waals surface area (Å²) in [7, 11) is 0. The molecule has 13 heavy (non-hydrogen) atoms. The summed E-state index contributed by atoms with van der Waals surface area (Å²) in [5, 5.41) is 0. The summed E-state index contributed by atoms with van der Waals surface area (Å²) in [5.41, 5.74) is 1.34. The molecule has 0 aromatic rings. The van der Waals surface area contributed by atoms with Gasteiger partial charge in [0.1, 0.15) is 0 Å². The Balaban J connectivity index is -0.0000000508. The van der Waals surface area contributed by atoms with Crippen LogP contribution in [0.15, 0.2) is 23.8 Å². The largest absolute Gasteiger partial charge is 0 e. The zero-order chi connectivity index (χ0) is 10.4. The van der Waals surface area contributed by atoms with E-state index in [1.54, 1.807) is 0 Å². The van der Waals surface area contributed by atoms with E-state index in [1.807, 2.05) is 12.2 Å². The van der Waals surface area contributed by atoms with Crippen molar-refractivity contribution in [2.45, 2.75) is 6.92 Å². The Hall–Kier alpha value is -0.781. The molecule has 0 bridgehead atoms. The minimum Gasteiger partial charge on any atom is 0 e. The van der Waals surface area contributed by atoms with E-state index in [0.717, 1.165) is 0 Å². The second-order valence-electron chi connectivity index (χ2n) is 1.46. The number of allylic oxidation sites excluding steroid dienone is 4. The van der Waals surface area contributed by atoms with Gasteiger partial charge in [-0.3, -0.25) is 0 Å². The second-order valence-corrected chi connectivity index (χ2v) is 1.46. The Morgan fingerprint density at radius 3 is 1.38 bits per heavy atom. The topological polar surface area (TPSA) is 59.7 Å². The van der Waals surface area contributed by atoms with Crippen molar-refractivity contribution in [3.8, 4) is 0 Å². The molecule has 1 aliphatic carbocycles. The zero-order valence-corrected chi connectivity index (χ0v) is 8.09. The minimum atomic E-state index is 0. The summed E-state index contributed by atoms with van der Waals surface area (Å²) in [6, 6.07) is 0. The maximum atomic E-state index is 7.50. The van der Waals surface area contributed by atoms with Crippen molar-refractivity contribution in [1.82, 2.24) is 0 Å². The van der Waals surface area contributed by atoms with Crippen molar-refractivity contribution in [2.24, 2.45) is 0 Å². The predicted molar refractivity (Wildman–Crippen MR) is 39.0 cm³/mol. The summed E-state index contributed by atoms with van der Waals surface area (Å²) < 4.78 is 22.5. The van der Waals surface area contributed by atoms with Crippen LogP contribution in [0.1, 0.15) is 6.92 Å². The van der Waals surface area contributed by atoms with Gasteiger partial charge < -0.3 is 0 Å². The molecule has 0 aliphatic heterocycles. The molecule has 0 saturated heterocycles. The molecule has 0 fully saturated rings. The van der Waals surface area contributed by atoms with Crippen molar-refractivity contribution in [2.75, 3.05) is 0 Å². The van der Waals surface area contributed by atoms with E-state index in [1.165, 1.54) is 5.57 Å². The van der Waals surface area contributed by atoms with Gasteiger partial charge >= 0.3 is 33.9 Å². The third-order valence-corrected chi connectivity index (χ3v) is 0.829. The van der Waals surface area contributed by atoms with E-state index in [2.05, 4.69) is 39.4 Å². The fourth-order valence-electron chi connectivity index (χ4n) is 0.470. The Morgan fingerprint density at radius 1 is 0.923 bits per heavy atom. The monoisotopic (exact) mass is 218 g/mol. The van der Waals surface area contributed by atoms with Gasteiger partial charge in [-0.2, -0.15) is 0 Å². The first-order valence-corrected chi connectivity index (χ1v) is 2.69. The molecule has 2 radical (unpaired) electrons. The van der Waals surface area contributed by atoms with Crippen molar-refractivity contribution in [3.63, 3.8) is 0 Å². The average Bonchev–Trinajstić information content (AvgIpc) is 2.66. The van der Waals surface area contributed by atoms with Gasteiger partial charge in [0.15, 0.2) is 0 Å². The van der Waals surface area contributed by atoms with Crippen molar-refractivity contribution in [3.05, 3.63) is 50.2 Å². The minimum absolute atomic E-state index is 0. The van der Waals surface area contributed by atoms with Gasteiger partial charge in [0.2, 0.25) is 0 Å². The van der Waals surface area contributed by atoms with E-state index in [-0.39, 0.29) is 17.1 Å². The van der Waals surface area contributed by atoms with E-state index < -0.39 is 0 Å². The molecule has 0 spiro atoms.